The van der Waals surface area contributed by atoms with Crippen molar-refractivity contribution in [2.75, 3.05) is 18.2 Å². The molecule has 10 nitrogen and oxygen atoms in total. The molecule has 10 heteroatoms. The molecule has 31 heavy (non-hydrogen) atoms. The van der Waals surface area contributed by atoms with Gasteiger partial charge in [0.15, 0.2) is 6.73 Å². The second kappa shape index (κ2) is 7.63. The van der Waals surface area contributed by atoms with Crippen molar-refractivity contribution in [3.05, 3.63) is 69.3 Å². The summed E-state index contributed by atoms with van der Waals surface area (Å²) in [5.74, 6) is -3.02. The zero-order valence-electron chi connectivity index (χ0n) is 16.4. The van der Waals surface area contributed by atoms with Crippen molar-refractivity contribution in [3.63, 3.8) is 0 Å². The first-order chi connectivity index (χ1) is 14.8. The minimum atomic E-state index is -0.817. The van der Waals surface area contributed by atoms with Crippen LogP contribution in [0.5, 0.6) is 0 Å². The molecule has 0 saturated carbocycles. The average molecular weight is 423 g/mol. The van der Waals surface area contributed by atoms with Crippen LogP contribution in [0.1, 0.15) is 32.7 Å². The van der Waals surface area contributed by atoms with E-state index in [0.717, 1.165) is 4.90 Å². The van der Waals surface area contributed by atoms with Crippen LogP contribution in [0.15, 0.2) is 42.5 Å². The van der Waals surface area contributed by atoms with Gasteiger partial charge in [-0.25, -0.2) is 4.90 Å². The molecular weight excluding hydrogens is 406 g/mol. The maximum atomic E-state index is 12.5. The van der Waals surface area contributed by atoms with E-state index in [1.54, 1.807) is 25.1 Å². The fourth-order valence-electron chi connectivity index (χ4n) is 3.68. The van der Waals surface area contributed by atoms with Gasteiger partial charge in [0.05, 0.1) is 27.7 Å². The molecule has 2 aliphatic heterocycles. The van der Waals surface area contributed by atoms with E-state index in [-0.39, 0.29) is 35.7 Å². The zero-order chi connectivity index (χ0) is 22.3. The quantitative estimate of drug-likeness (QED) is 0.312. The van der Waals surface area contributed by atoms with Crippen molar-refractivity contribution < 1.29 is 28.8 Å². The number of hydrogen-bond acceptors (Lipinski definition) is 7. The molecule has 0 spiro atoms. The molecule has 158 valence electrons. The van der Waals surface area contributed by atoms with Gasteiger partial charge in [-0.1, -0.05) is 18.2 Å². The molecule has 4 rings (SSSR count). The molecule has 0 bridgehead atoms. The topological polar surface area (TPSA) is 127 Å². The molecule has 2 aromatic carbocycles. The normalized spacial score (nSPS) is 17.8. The lowest BCUT2D eigenvalue weighted by molar-refractivity contribution is -0.385. The minimum absolute atomic E-state index is 0.0139. The van der Waals surface area contributed by atoms with Crippen LogP contribution in [-0.2, 0) is 14.3 Å². The number of fused-ring (bicyclic) bond motifs is 1. The highest BCUT2D eigenvalue weighted by molar-refractivity contribution is 6.21. The van der Waals surface area contributed by atoms with Gasteiger partial charge >= 0.3 is 5.97 Å². The van der Waals surface area contributed by atoms with Crippen LogP contribution in [0.2, 0.25) is 0 Å². The van der Waals surface area contributed by atoms with Crippen LogP contribution in [0.4, 0.5) is 11.4 Å². The number of aryl methyl sites for hydroxylation is 1. The number of anilines is 1. The van der Waals surface area contributed by atoms with Crippen LogP contribution in [0.3, 0.4) is 0 Å². The van der Waals surface area contributed by atoms with Crippen LogP contribution >= 0.6 is 0 Å². The van der Waals surface area contributed by atoms with E-state index in [1.807, 2.05) is 0 Å². The number of carbonyl (C=O) groups is 4. The van der Waals surface area contributed by atoms with Gasteiger partial charge in [-0.3, -0.25) is 29.3 Å². The van der Waals surface area contributed by atoms with Crippen molar-refractivity contribution in [1.82, 2.24) is 4.90 Å². The Bertz CT molecular complexity index is 1110. The summed E-state index contributed by atoms with van der Waals surface area (Å²) in [7, 11) is 0. The molecule has 1 fully saturated rings. The van der Waals surface area contributed by atoms with Crippen molar-refractivity contribution in [2.24, 2.45) is 5.92 Å². The maximum Gasteiger partial charge on any atom is 0.313 e. The molecule has 0 radical (unpaired) electrons. The molecule has 1 saturated heterocycles. The molecule has 3 amide bonds. The summed E-state index contributed by atoms with van der Waals surface area (Å²) in [4.78, 5) is 62.3. The van der Waals surface area contributed by atoms with Crippen molar-refractivity contribution in [2.45, 2.75) is 13.3 Å². The van der Waals surface area contributed by atoms with E-state index < -0.39 is 35.4 Å². The first-order valence-electron chi connectivity index (χ1n) is 9.45. The zero-order valence-corrected chi connectivity index (χ0v) is 16.4. The van der Waals surface area contributed by atoms with Crippen molar-refractivity contribution in [3.8, 4) is 0 Å². The Morgan fingerprint density at radius 3 is 2.39 bits per heavy atom. The number of hydrogen-bond donors (Lipinski definition) is 0. The summed E-state index contributed by atoms with van der Waals surface area (Å²) in [6.07, 6.45) is -0.136. The monoisotopic (exact) mass is 423 g/mol. The molecule has 2 heterocycles. The average Bonchev–Trinajstić information content (AvgIpc) is 3.25. The van der Waals surface area contributed by atoms with Crippen molar-refractivity contribution in [1.29, 1.82) is 0 Å². The summed E-state index contributed by atoms with van der Waals surface area (Å²) in [6.45, 7) is 1.03. The summed E-state index contributed by atoms with van der Waals surface area (Å²) < 4.78 is 5.15. The van der Waals surface area contributed by atoms with Gasteiger partial charge in [-0.2, -0.15) is 0 Å². The lowest BCUT2D eigenvalue weighted by atomic mass is 10.1. The van der Waals surface area contributed by atoms with Crippen LogP contribution in [0.25, 0.3) is 0 Å². The van der Waals surface area contributed by atoms with Crippen LogP contribution in [-0.4, -0.2) is 46.8 Å². The number of carbonyl (C=O) groups excluding carboxylic acids is 4. The van der Waals surface area contributed by atoms with Gasteiger partial charge in [0.1, 0.15) is 0 Å². The summed E-state index contributed by atoms with van der Waals surface area (Å²) >= 11 is 0. The number of nitrogens with zero attached hydrogens (tertiary/aromatic N) is 3. The maximum absolute atomic E-state index is 12.5. The largest absolute Gasteiger partial charge is 0.443 e. The molecule has 0 unspecified atom stereocenters. The fraction of sp³-hybridized carbons (Fsp3) is 0.238. The van der Waals surface area contributed by atoms with Gasteiger partial charge < -0.3 is 9.64 Å². The molecule has 0 aromatic heterocycles. The predicted molar refractivity (Wildman–Crippen MR) is 106 cm³/mol. The molecule has 1 atom stereocenters. The molecule has 0 aliphatic carbocycles. The summed E-state index contributed by atoms with van der Waals surface area (Å²) in [5, 5.41) is 11.2. The minimum Gasteiger partial charge on any atom is -0.443 e. The van der Waals surface area contributed by atoms with Crippen LogP contribution < -0.4 is 4.90 Å². The number of ether oxygens (including phenoxy) is 1. The number of esters is 1. The van der Waals surface area contributed by atoms with E-state index in [9.17, 15) is 29.3 Å². The third-order valence-corrected chi connectivity index (χ3v) is 5.37. The lowest BCUT2D eigenvalue weighted by Gasteiger charge is -2.18. The Morgan fingerprint density at radius 2 is 1.77 bits per heavy atom. The van der Waals surface area contributed by atoms with Gasteiger partial charge in [0.25, 0.3) is 17.5 Å². The van der Waals surface area contributed by atoms with Crippen molar-refractivity contribution >= 4 is 35.1 Å². The highest BCUT2D eigenvalue weighted by Gasteiger charge is 2.39. The third kappa shape index (κ3) is 3.52. The first-order valence-corrected chi connectivity index (χ1v) is 9.45. The van der Waals surface area contributed by atoms with Gasteiger partial charge in [-0.15, -0.1) is 0 Å². The van der Waals surface area contributed by atoms with Gasteiger partial charge in [0, 0.05) is 24.6 Å². The lowest BCUT2D eigenvalue weighted by Crippen LogP contribution is -2.35. The van der Waals surface area contributed by atoms with Gasteiger partial charge in [-0.05, 0) is 25.1 Å². The Labute approximate surface area is 176 Å². The number of benzene rings is 2. The van der Waals surface area contributed by atoms with E-state index in [1.165, 1.54) is 29.2 Å². The van der Waals surface area contributed by atoms with E-state index in [0.29, 0.717) is 11.3 Å². The second-order valence-electron chi connectivity index (χ2n) is 7.31. The highest BCUT2D eigenvalue weighted by atomic mass is 16.6. The number of nitro benzene ring substituents is 1. The van der Waals surface area contributed by atoms with Gasteiger partial charge in [0.2, 0.25) is 5.91 Å². The molecule has 0 N–H and O–H groups in total. The Hall–Kier alpha value is -4.08. The SMILES string of the molecule is Cc1ccc(N2C[C@H](C(=O)OCN3C(=O)c4ccccc4C3=O)CC2=O)cc1[N+](=O)[O-]. The third-order valence-electron chi connectivity index (χ3n) is 5.37. The molecular formula is C21H17N3O7. The fourth-order valence-corrected chi connectivity index (χ4v) is 3.68. The van der Waals surface area contributed by atoms with Crippen LogP contribution in [0, 0.1) is 23.0 Å². The molecule has 2 aliphatic rings. The predicted octanol–water partition coefficient (Wildman–Crippen LogP) is 2.05. The highest BCUT2D eigenvalue weighted by Crippen LogP contribution is 2.30. The summed E-state index contributed by atoms with van der Waals surface area (Å²) in [5.41, 5.74) is 1.13. The van der Waals surface area contributed by atoms with E-state index in [2.05, 4.69) is 0 Å². The molecule has 2 aromatic rings. The summed E-state index contributed by atoms with van der Waals surface area (Å²) in [6, 6.07) is 10.7. The second-order valence-corrected chi connectivity index (χ2v) is 7.31. The standard InChI is InChI=1S/C21H17N3O7/c1-12-6-7-14(9-17(12)24(29)30)22-10-13(8-18(22)25)21(28)31-11-23-19(26)15-4-2-3-5-16(15)20(23)27/h2-7,9,13H,8,10-11H2,1H3/t13-/m1/s1. The number of amides is 3. The Balaban J connectivity index is 1.42. The Morgan fingerprint density at radius 1 is 1.13 bits per heavy atom. The number of nitro groups is 1. The number of rotatable bonds is 5. The first kappa shape index (κ1) is 20.2. The Kier molecular flexibility index (Phi) is 4.97. The van der Waals surface area contributed by atoms with E-state index in [4.69, 9.17) is 4.74 Å². The number of imide groups is 1. The smallest absolute Gasteiger partial charge is 0.313 e. The van der Waals surface area contributed by atoms with E-state index >= 15 is 0 Å².